The molecule has 0 saturated carbocycles. The molecule has 4 aromatic rings. The number of imidazole rings is 1. The van der Waals surface area contributed by atoms with Crippen molar-refractivity contribution >= 4 is 27.3 Å². The van der Waals surface area contributed by atoms with Crippen molar-refractivity contribution < 1.29 is 17.9 Å². The van der Waals surface area contributed by atoms with Gasteiger partial charge in [0.2, 0.25) is 10.0 Å². The molecule has 1 amide bonds. The molecule has 1 N–H and O–H groups in total. The number of hydrogen-bond acceptors (Lipinski definition) is 5. The maximum absolute atomic E-state index is 13.1. The molecular weight excluding hydrogens is 464 g/mol. The highest BCUT2D eigenvalue weighted by Crippen LogP contribution is 2.25. The van der Waals surface area contributed by atoms with Gasteiger partial charge < -0.3 is 14.5 Å². The number of fused-ring (bicyclic) bond motifs is 1. The molecule has 3 heterocycles. The first-order valence-corrected chi connectivity index (χ1v) is 13.0. The van der Waals surface area contributed by atoms with Crippen LogP contribution in [0, 0.1) is 0 Å². The molecule has 0 unspecified atom stereocenters. The first-order chi connectivity index (χ1) is 17.0. The molecule has 9 heteroatoms. The number of anilines is 1. The quantitative estimate of drug-likeness (QED) is 0.416. The fourth-order valence-electron chi connectivity index (χ4n) is 4.18. The highest BCUT2D eigenvalue weighted by molar-refractivity contribution is 7.89. The number of para-hydroxylation sites is 1. The Bertz CT molecular complexity index is 1430. The zero-order valence-corrected chi connectivity index (χ0v) is 19.9. The van der Waals surface area contributed by atoms with E-state index < -0.39 is 10.0 Å². The van der Waals surface area contributed by atoms with Crippen molar-refractivity contribution in [3.63, 3.8) is 0 Å². The molecule has 0 spiro atoms. The van der Waals surface area contributed by atoms with Gasteiger partial charge in [0.05, 0.1) is 16.2 Å². The third-order valence-corrected chi connectivity index (χ3v) is 7.86. The Morgan fingerprint density at radius 3 is 2.60 bits per heavy atom. The second kappa shape index (κ2) is 9.89. The largest absolute Gasteiger partial charge is 0.486 e. The number of hydrogen-bond donors (Lipinski definition) is 1. The number of piperidine rings is 1. The summed E-state index contributed by atoms with van der Waals surface area (Å²) in [6.45, 7) is 1.25. The zero-order chi connectivity index (χ0) is 24.3. The molecule has 0 radical (unpaired) electrons. The molecule has 2 aromatic carbocycles. The maximum atomic E-state index is 13.1. The molecule has 0 aliphatic carbocycles. The average molecular weight is 491 g/mol. The van der Waals surface area contributed by atoms with Gasteiger partial charge in [-0.1, -0.05) is 30.7 Å². The summed E-state index contributed by atoms with van der Waals surface area (Å²) >= 11 is 0. The van der Waals surface area contributed by atoms with Crippen molar-refractivity contribution in [2.45, 2.75) is 30.8 Å². The smallest absolute Gasteiger partial charge is 0.259 e. The summed E-state index contributed by atoms with van der Waals surface area (Å²) in [5.74, 6) is 0.0299. The summed E-state index contributed by atoms with van der Waals surface area (Å²) in [6.07, 6.45) is 6.56. The topological polar surface area (TPSA) is 93.0 Å². The van der Waals surface area contributed by atoms with Crippen LogP contribution < -0.4 is 10.1 Å². The van der Waals surface area contributed by atoms with E-state index in [1.54, 1.807) is 42.5 Å². The summed E-state index contributed by atoms with van der Waals surface area (Å²) in [5.41, 5.74) is 2.31. The highest BCUT2D eigenvalue weighted by atomic mass is 32.2. The first kappa shape index (κ1) is 23.1. The Kier molecular flexibility index (Phi) is 6.52. The molecule has 0 bridgehead atoms. The Hall–Kier alpha value is -3.69. The van der Waals surface area contributed by atoms with Crippen LogP contribution in [0.15, 0.2) is 84.0 Å². The number of aromatic nitrogens is 2. The van der Waals surface area contributed by atoms with Crippen LogP contribution >= 0.6 is 0 Å². The fourth-order valence-corrected chi connectivity index (χ4v) is 5.74. The maximum Gasteiger partial charge on any atom is 0.259 e. The van der Waals surface area contributed by atoms with E-state index in [1.807, 2.05) is 35.0 Å². The molecule has 8 nitrogen and oxygen atoms in total. The van der Waals surface area contributed by atoms with Gasteiger partial charge in [-0.05, 0) is 55.3 Å². The second-order valence-corrected chi connectivity index (χ2v) is 10.4. The summed E-state index contributed by atoms with van der Waals surface area (Å²) in [4.78, 5) is 17.8. The summed E-state index contributed by atoms with van der Waals surface area (Å²) in [7, 11) is -3.60. The predicted molar refractivity (Wildman–Crippen MR) is 133 cm³/mol. The van der Waals surface area contributed by atoms with Gasteiger partial charge in [0, 0.05) is 31.2 Å². The molecule has 180 valence electrons. The van der Waals surface area contributed by atoms with Crippen molar-refractivity contribution in [3.05, 3.63) is 90.4 Å². The van der Waals surface area contributed by atoms with Crippen LogP contribution in [0.2, 0.25) is 0 Å². The number of ether oxygens (including phenoxy) is 1. The number of nitrogens with one attached hydrogen (secondary N) is 1. The van der Waals surface area contributed by atoms with Gasteiger partial charge in [-0.2, -0.15) is 4.31 Å². The van der Waals surface area contributed by atoms with Gasteiger partial charge in [-0.25, -0.2) is 13.4 Å². The minimum atomic E-state index is -3.60. The minimum absolute atomic E-state index is 0.175. The molecule has 2 aromatic heterocycles. The number of carbonyl (C=O) groups is 1. The van der Waals surface area contributed by atoms with Crippen molar-refractivity contribution in [2.24, 2.45) is 0 Å². The van der Waals surface area contributed by atoms with Crippen LogP contribution in [-0.2, 0) is 16.6 Å². The lowest BCUT2D eigenvalue weighted by Crippen LogP contribution is -2.35. The van der Waals surface area contributed by atoms with Crippen molar-refractivity contribution in [2.75, 3.05) is 18.4 Å². The number of rotatable bonds is 7. The van der Waals surface area contributed by atoms with Gasteiger partial charge in [-0.3, -0.25) is 4.79 Å². The Labute approximate surface area is 204 Å². The van der Waals surface area contributed by atoms with Crippen LogP contribution in [0.25, 0.3) is 5.65 Å². The number of amides is 1. The van der Waals surface area contributed by atoms with E-state index in [0.717, 1.165) is 30.6 Å². The monoisotopic (exact) mass is 490 g/mol. The molecule has 1 fully saturated rings. The Morgan fingerprint density at radius 1 is 0.971 bits per heavy atom. The zero-order valence-electron chi connectivity index (χ0n) is 19.1. The van der Waals surface area contributed by atoms with Gasteiger partial charge >= 0.3 is 0 Å². The van der Waals surface area contributed by atoms with E-state index in [9.17, 15) is 13.2 Å². The molecular formula is C26H26N4O4S. The second-order valence-electron chi connectivity index (χ2n) is 8.43. The minimum Gasteiger partial charge on any atom is -0.486 e. The lowest BCUT2D eigenvalue weighted by atomic mass is 10.2. The molecule has 0 atom stereocenters. The van der Waals surface area contributed by atoms with Crippen LogP contribution in [0.1, 0.15) is 35.3 Å². The van der Waals surface area contributed by atoms with Crippen LogP contribution in [0.4, 0.5) is 5.69 Å². The number of pyridine rings is 1. The number of carbonyl (C=O) groups excluding carboxylic acids is 1. The molecule has 1 aliphatic rings. The van der Waals surface area contributed by atoms with Gasteiger partial charge in [0.25, 0.3) is 5.91 Å². The van der Waals surface area contributed by atoms with Gasteiger partial charge in [0.1, 0.15) is 18.0 Å². The number of sulfonamides is 1. The summed E-state index contributed by atoms with van der Waals surface area (Å²) in [6, 6.07) is 19.1. The Balaban J connectivity index is 1.31. The Morgan fingerprint density at radius 2 is 1.77 bits per heavy atom. The van der Waals surface area contributed by atoms with Crippen molar-refractivity contribution in [1.82, 2.24) is 13.7 Å². The number of benzene rings is 2. The molecule has 5 rings (SSSR count). The van der Waals surface area contributed by atoms with Crippen molar-refractivity contribution in [3.8, 4) is 5.75 Å². The standard InChI is InChI=1S/C26H26N4O4S/c31-26(28-20-9-8-10-22(17-20)35(32,33)30-15-5-1-6-16-30)23-11-2-3-12-24(23)34-19-21-18-29-14-7-4-13-25(29)27-21/h2-4,7-14,17-18H,1,5-6,15-16,19H2,(H,28,31). The number of nitrogens with zero attached hydrogens (tertiary/aromatic N) is 3. The average Bonchev–Trinajstić information content (AvgIpc) is 3.31. The summed E-state index contributed by atoms with van der Waals surface area (Å²) in [5, 5.41) is 2.81. The summed E-state index contributed by atoms with van der Waals surface area (Å²) < 4.78 is 35.4. The van der Waals surface area contributed by atoms with E-state index in [1.165, 1.54) is 10.4 Å². The van der Waals surface area contributed by atoms with Crippen LogP contribution in [0.5, 0.6) is 5.75 Å². The van der Waals surface area contributed by atoms with E-state index in [-0.39, 0.29) is 17.4 Å². The lowest BCUT2D eigenvalue weighted by molar-refractivity contribution is 0.102. The van der Waals surface area contributed by atoms with Crippen LogP contribution in [-0.4, -0.2) is 41.1 Å². The SMILES string of the molecule is O=C(Nc1cccc(S(=O)(=O)N2CCCCC2)c1)c1ccccc1OCc1cn2ccccc2n1. The van der Waals surface area contributed by atoms with Gasteiger partial charge in [0.15, 0.2) is 0 Å². The third-order valence-electron chi connectivity index (χ3n) is 5.97. The lowest BCUT2D eigenvalue weighted by Gasteiger charge is -2.26. The highest BCUT2D eigenvalue weighted by Gasteiger charge is 2.26. The molecule has 35 heavy (non-hydrogen) atoms. The first-order valence-electron chi connectivity index (χ1n) is 11.6. The van der Waals surface area contributed by atoms with Crippen LogP contribution in [0.3, 0.4) is 0 Å². The van der Waals surface area contributed by atoms with E-state index in [4.69, 9.17) is 4.74 Å². The van der Waals surface area contributed by atoms with E-state index >= 15 is 0 Å². The fraction of sp³-hybridized carbons (Fsp3) is 0.231. The third kappa shape index (κ3) is 5.06. The predicted octanol–water partition coefficient (Wildman–Crippen LogP) is 4.34. The van der Waals surface area contributed by atoms with E-state index in [0.29, 0.717) is 30.1 Å². The normalized spacial score (nSPS) is 14.6. The molecule has 1 aliphatic heterocycles. The van der Waals surface area contributed by atoms with E-state index in [2.05, 4.69) is 10.3 Å². The van der Waals surface area contributed by atoms with Crippen molar-refractivity contribution in [1.29, 1.82) is 0 Å². The van der Waals surface area contributed by atoms with Gasteiger partial charge in [-0.15, -0.1) is 0 Å². The molecule has 1 saturated heterocycles.